The molecule has 0 atom stereocenters. The number of H-pyrrole nitrogens is 1. The lowest BCUT2D eigenvalue weighted by molar-refractivity contribution is -0.0788. The molecule has 1 aliphatic carbocycles. The molecule has 1 aromatic rings. The lowest BCUT2D eigenvalue weighted by Gasteiger charge is -2.58. The molecule has 1 aromatic heterocycles. The van der Waals surface area contributed by atoms with Crippen molar-refractivity contribution in [2.24, 2.45) is 0 Å². The van der Waals surface area contributed by atoms with E-state index in [1.165, 1.54) is 37.8 Å². The summed E-state index contributed by atoms with van der Waals surface area (Å²) in [5, 5.41) is 0. The molecule has 3 rings (SSSR count). The summed E-state index contributed by atoms with van der Waals surface area (Å²) < 4.78 is 0. The molecule has 2 heterocycles. The van der Waals surface area contributed by atoms with Crippen LogP contribution in [0, 0.1) is 0 Å². The molecule has 2 fully saturated rings. The number of nitrogens with one attached hydrogen (secondary N) is 1. The van der Waals surface area contributed by atoms with E-state index in [1.54, 1.807) is 0 Å². The quantitative estimate of drug-likeness (QED) is 0.731. The van der Waals surface area contributed by atoms with Crippen molar-refractivity contribution in [2.45, 2.75) is 37.8 Å². The van der Waals surface area contributed by atoms with Gasteiger partial charge in [-0.15, -0.1) is 0 Å². The first kappa shape index (κ1) is 7.63. The van der Waals surface area contributed by atoms with Crippen LogP contribution in [0.3, 0.4) is 0 Å². The van der Waals surface area contributed by atoms with Crippen molar-refractivity contribution in [3.8, 4) is 0 Å². The van der Waals surface area contributed by atoms with E-state index in [0.717, 1.165) is 6.54 Å². The fourth-order valence-corrected chi connectivity index (χ4v) is 2.66. The van der Waals surface area contributed by atoms with E-state index < -0.39 is 0 Å². The van der Waals surface area contributed by atoms with Crippen molar-refractivity contribution in [3.05, 3.63) is 24.0 Å². The van der Waals surface area contributed by atoms with Gasteiger partial charge in [-0.05, 0) is 37.3 Å². The van der Waals surface area contributed by atoms with Crippen LogP contribution in [0.1, 0.15) is 31.2 Å². The minimum atomic E-state index is 0.650. The molecule has 1 saturated heterocycles. The van der Waals surface area contributed by atoms with E-state index in [2.05, 4.69) is 22.1 Å². The van der Waals surface area contributed by atoms with Crippen LogP contribution in [0.5, 0.6) is 0 Å². The normalized spacial score (nSPS) is 25.5. The molecule has 0 unspecified atom stereocenters. The Morgan fingerprint density at radius 3 is 2.77 bits per heavy atom. The molecule has 2 nitrogen and oxygen atoms in total. The summed E-state index contributed by atoms with van der Waals surface area (Å²) in [7, 11) is 0. The first-order valence-electron chi connectivity index (χ1n) is 5.26. The van der Waals surface area contributed by atoms with Gasteiger partial charge in [0.25, 0.3) is 0 Å². The first-order chi connectivity index (χ1) is 6.39. The highest BCUT2D eigenvalue weighted by molar-refractivity contribution is 5.13. The van der Waals surface area contributed by atoms with Crippen molar-refractivity contribution in [3.63, 3.8) is 0 Å². The van der Waals surface area contributed by atoms with Crippen LogP contribution in [0.15, 0.2) is 18.5 Å². The highest BCUT2D eigenvalue weighted by atomic mass is 15.3. The van der Waals surface area contributed by atoms with E-state index >= 15 is 0 Å². The van der Waals surface area contributed by atoms with Gasteiger partial charge in [0.05, 0.1) is 0 Å². The van der Waals surface area contributed by atoms with Crippen LogP contribution in [0.4, 0.5) is 0 Å². The molecule has 70 valence electrons. The zero-order valence-electron chi connectivity index (χ0n) is 7.92. The maximum Gasteiger partial charge on any atom is 0.0254 e. The van der Waals surface area contributed by atoms with Gasteiger partial charge in [-0.2, -0.15) is 0 Å². The summed E-state index contributed by atoms with van der Waals surface area (Å²) in [5.74, 6) is 0. The Hall–Kier alpha value is -0.760. The number of hydrogen-bond donors (Lipinski definition) is 1. The molecule has 2 aliphatic rings. The molecule has 0 bridgehead atoms. The minimum absolute atomic E-state index is 0.650. The smallest absolute Gasteiger partial charge is 0.0254 e. The van der Waals surface area contributed by atoms with Gasteiger partial charge in [-0.3, -0.25) is 4.90 Å². The molecule has 0 amide bonds. The molecule has 1 aliphatic heterocycles. The summed E-state index contributed by atoms with van der Waals surface area (Å²) in [6, 6.07) is 2.19. The van der Waals surface area contributed by atoms with Crippen LogP contribution in [-0.4, -0.2) is 22.0 Å². The number of likely N-dealkylation sites (tertiary alicyclic amines) is 1. The molecule has 1 spiro atoms. The van der Waals surface area contributed by atoms with Crippen molar-refractivity contribution in [2.75, 3.05) is 6.54 Å². The lowest BCUT2D eigenvalue weighted by Crippen LogP contribution is -2.62. The Morgan fingerprint density at radius 2 is 2.31 bits per heavy atom. The van der Waals surface area contributed by atoms with Gasteiger partial charge >= 0.3 is 0 Å². The van der Waals surface area contributed by atoms with Gasteiger partial charge in [0.2, 0.25) is 0 Å². The summed E-state index contributed by atoms with van der Waals surface area (Å²) in [6.45, 7) is 2.47. The van der Waals surface area contributed by atoms with Crippen LogP contribution in [0.25, 0.3) is 0 Å². The minimum Gasteiger partial charge on any atom is -0.367 e. The molecular formula is C11H16N2. The predicted molar refractivity (Wildman–Crippen MR) is 52.4 cm³/mol. The third kappa shape index (κ3) is 1.05. The van der Waals surface area contributed by atoms with E-state index in [9.17, 15) is 0 Å². The molecule has 0 radical (unpaired) electrons. The van der Waals surface area contributed by atoms with Crippen molar-refractivity contribution >= 4 is 0 Å². The lowest BCUT2D eigenvalue weighted by atomic mass is 9.68. The third-order valence-electron chi connectivity index (χ3n) is 3.84. The maximum atomic E-state index is 3.12. The van der Waals surface area contributed by atoms with E-state index in [0.29, 0.717) is 5.54 Å². The zero-order chi connectivity index (χ0) is 8.73. The summed E-state index contributed by atoms with van der Waals surface area (Å²) >= 11 is 0. The zero-order valence-corrected chi connectivity index (χ0v) is 7.92. The fraction of sp³-hybridized carbons (Fsp3) is 0.636. The highest BCUT2D eigenvalue weighted by Gasteiger charge is 2.48. The first-order valence-corrected chi connectivity index (χ1v) is 5.26. The van der Waals surface area contributed by atoms with Crippen molar-refractivity contribution in [1.82, 2.24) is 9.88 Å². The molecular weight excluding hydrogens is 160 g/mol. The Balaban J connectivity index is 1.67. The van der Waals surface area contributed by atoms with Gasteiger partial charge in [0.15, 0.2) is 0 Å². The topological polar surface area (TPSA) is 19.0 Å². The second kappa shape index (κ2) is 2.61. The maximum absolute atomic E-state index is 3.12. The molecule has 1 N–H and O–H groups in total. The number of aromatic nitrogens is 1. The average Bonchev–Trinajstić information content (AvgIpc) is 2.47. The summed E-state index contributed by atoms with van der Waals surface area (Å²) in [6.07, 6.45) is 9.91. The SMILES string of the molecule is c1cc(CN2CCC23CCC3)c[nH]1. The standard InChI is InChI=1S/C11H16N2/c1-3-11(4-1)5-7-13(11)9-10-2-6-12-8-10/h2,6,8,12H,1,3-5,7,9H2. The van der Waals surface area contributed by atoms with Crippen LogP contribution < -0.4 is 0 Å². The van der Waals surface area contributed by atoms with Gasteiger partial charge in [-0.25, -0.2) is 0 Å². The van der Waals surface area contributed by atoms with Crippen molar-refractivity contribution < 1.29 is 0 Å². The average molecular weight is 176 g/mol. The predicted octanol–water partition coefficient (Wildman–Crippen LogP) is 2.14. The van der Waals surface area contributed by atoms with Gasteiger partial charge in [0.1, 0.15) is 0 Å². The summed E-state index contributed by atoms with van der Waals surface area (Å²) in [5.41, 5.74) is 2.09. The van der Waals surface area contributed by atoms with E-state index in [4.69, 9.17) is 0 Å². The molecule has 0 aromatic carbocycles. The van der Waals surface area contributed by atoms with Crippen LogP contribution in [0.2, 0.25) is 0 Å². The number of hydrogen-bond acceptors (Lipinski definition) is 1. The number of nitrogens with zero attached hydrogens (tertiary/aromatic N) is 1. The highest BCUT2D eigenvalue weighted by Crippen LogP contribution is 2.47. The van der Waals surface area contributed by atoms with Gasteiger partial charge < -0.3 is 4.98 Å². The largest absolute Gasteiger partial charge is 0.367 e. The Labute approximate surface area is 78.9 Å². The monoisotopic (exact) mass is 176 g/mol. The summed E-state index contributed by atoms with van der Waals surface area (Å²) in [4.78, 5) is 5.77. The van der Waals surface area contributed by atoms with E-state index in [-0.39, 0.29) is 0 Å². The van der Waals surface area contributed by atoms with Gasteiger partial charge in [0, 0.05) is 31.0 Å². The number of rotatable bonds is 2. The third-order valence-corrected chi connectivity index (χ3v) is 3.84. The number of aromatic amines is 1. The Kier molecular flexibility index (Phi) is 1.53. The van der Waals surface area contributed by atoms with Gasteiger partial charge in [-0.1, -0.05) is 0 Å². The molecule has 13 heavy (non-hydrogen) atoms. The molecule has 1 saturated carbocycles. The van der Waals surface area contributed by atoms with Crippen LogP contribution >= 0.6 is 0 Å². The second-order valence-corrected chi connectivity index (χ2v) is 4.47. The van der Waals surface area contributed by atoms with E-state index in [1.807, 2.05) is 6.20 Å². The fourth-order valence-electron chi connectivity index (χ4n) is 2.66. The molecule has 2 heteroatoms. The van der Waals surface area contributed by atoms with Crippen molar-refractivity contribution in [1.29, 1.82) is 0 Å². The van der Waals surface area contributed by atoms with Crippen LogP contribution in [-0.2, 0) is 6.54 Å². The Morgan fingerprint density at radius 1 is 1.38 bits per heavy atom. The second-order valence-electron chi connectivity index (χ2n) is 4.47. The Bertz CT molecular complexity index is 280.